The van der Waals surface area contributed by atoms with E-state index in [1.807, 2.05) is 24.3 Å². The molecule has 0 aromatic heterocycles. The standard InChI is InChI=1S/C20H21ClN2O3/c1-26-16-8-6-14(7-9-16)10-11-23-13-15(12-19(23)24)22-20(25)17-4-2-3-5-18(17)21/h2-9,15H,10-13H2,1H3,(H,22,25)/t15-/m0/s1. The van der Waals surface area contributed by atoms with Gasteiger partial charge in [0, 0.05) is 19.5 Å². The van der Waals surface area contributed by atoms with Crippen LogP contribution in [0.5, 0.6) is 5.75 Å². The van der Waals surface area contributed by atoms with E-state index in [0.29, 0.717) is 30.1 Å². The Balaban J connectivity index is 1.53. The van der Waals surface area contributed by atoms with Crippen LogP contribution in [0.1, 0.15) is 22.3 Å². The Morgan fingerprint density at radius 1 is 1.23 bits per heavy atom. The maximum atomic E-state index is 12.3. The highest BCUT2D eigenvalue weighted by molar-refractivity contribution is 6.33. The van der Waals surface area contributed by atoms with Crippen LogP contribution in [0.25, 0.3) is 0 Å². The van der Waals surface area contributed by atoms with Gasteiger partial charge >= 0.3 is 0 Å². The Morgan fingerprint density at radius 2 is 1.96 bits per heavy atom. The molecule has 2 aromatic rings. The number of hydrogen-bond donors (Lipinski definition) is 1. The molecular formula is C20H21ClN2O3. The van der Waals surface area contributed by atoms with E-state index in [0.717, 1.165) is 17.7 Å². The molecule has 136 valence electrons. The zero-order valence-corrected chi connectivity index (χ0v) is 15.3. The molecule has 0 aliphatic carbocycles. The summed E-state index contributed by atoms with van der Waals surface area (Å²) in [6, 6.07) is 14.5. The molecule has 5 nitrogen and oxygen atoms in total. The van der Waals surface area contributed by atoms with Crippen LogP contribution in [0.2, 0.25) is 5.02 Å². The minimum Gasteiger partial charge on any atom is -0.497 e. The monoisotopic (exact) mass is 372 g/mol. The van der Waals surface area contributed by atoms with Crippen LogP contribution in [0.3, 0.4) is 0 Å². The first kappa shape index (κ1) is 18.3. The number of nitrogens with one attached hydrogen (secondary N) is 1. The summed E-state index contributed by atoms with van der Waals surface area (Å²) in [6.45, 7) is 1.15. The summed E-state index contributed by atoms with van der Waals surface area (Å²) in [5, 5.41) is 3.32. The largest absolute Gasteiger partial charge is 0.497 e. The van der Waals surface area contributed by atoms with Crippen LogP contribution in [0, 0.1) is 0 Å². The first-order chi connectivity index (χ1) is 12.6. The first-order valence-electron chi connectivity index (χ1n) is 8.53. The fourth-order valence-corrected chi connectivity index (χ4v) is 3.27. The summed E-state index contributed by atoms with van der Waals surface area (Å²) < 4.78 is 5.15. The second kappa shape index (κ2) is 8.23. The summed E-state index contributed by atoms with van der Waals surface area (Å²) in [4.78, 5) is 26.4. The predicted molar refractivity (Wildman–Crippen MR) is 101 cm³/mol. The molecule has 0 saturated carbocycles. The van der Waals surface area contributed by atoms with Crippen LogP contribution in [-0.4, -0.2) is 43.0 Å². The van der Waals surface area contributed by atoms with Crippen LogP contribution in [-0.2, 0) is 11.2 Å². The number of ether oxygens (including phenoxy) is 1. The van der Waals surface area contributed by atoms with Gasteiger partial charge in [0.2, 0.25) is 5.91 Å². The quantitative estimate of drug-likeness (QED) is 0.848. The Kier molecular flexibility index (Phi) is 5.78. The van der Waals surface area contributed by atoms with Crippen molar-refractivity contribution >= 4 is 23.4 Å². The molecule has 1 saturated heterocycles. The van der Waals surface area contributed by atoms with Crippen molar-refractivity contribution < 1.29 is 14.3 Å². The van der Waals surface area contributed by atoms with E-state index >= 15 is 0 Å². The minimum absolute atomic E-state index is 0.0583. The Hall–Kier alpha value is -2.53. The smallest absolute Gasteiger partial charge is 0.253 e. The molecule has 0 spiro atoms. The molecule has 1 heterocycles. The van der Waals surface area contributed by atoms with E-state index in [1.54, 1.807) is 36.3 Å². The van der Waals surface area contributed by atoms with Crippen molar-refractivity contribution in [3.05, 3.63) is 64.7 Å². The maximum Gasteiger partial charge on any atom is 0.253 e. The molecule has 1 N–H and O–H groups in total. The zero-order chi connectivity index (χ0) is 18.5. The van der Waals surface area contributed by atoms with Gasteiger partial charge in [-0.25, -0.2) is 0 Å². The topological polar surface area (TPSA) is 58.6 Å². The SMILES string of the molecule is COc1ccc(CCN2C[C@@H](NC(=O)c3ccccc3Cl)CC2=O)cc1. The molecule has 3 rings (SSSR count). The normalized spacial score (nSPS) is 16.6. The van der Waals surface area contributed by atoms with E-state index in [9.17, 15) is 9.59 Å². The Labute approximate surface area is 157 Å². The van der Waals surface area contributed by atoms with Crippen molar-refractivity contribution in [3.63, 3.8) is 0 Å². The lowest BCUT2D eigenvalue weighted by Crippen LogP contribution is -2.37. The third-order valence-corrected chi connectivity index (χ3v) is 4.83. The molecule has 1 aliphatic heterocycles. The number of nitrogens with zero attached hydrogens (tertiary/aromatic N) is 1. The molecule has 2 amide bonds. The molecular weight excluding hydrogens is 352 g/mol. The number of halogens is 1. The average Bonchev–Trinajstić information content (AvgIpc) is 2.99. The van der Waals surface area contributed by atoms with Crippen molar-refractivity contribution in [2.75, 3.05) is 20.2 Å². The average molecular weight is 373 g/mol. The van der Waals surface area contributed by atoms with Crippen molar-refractivity contribution in [1.29, 1.82) is 0 Å². The van der Waals surface area contributed by atoms with Crippen LogP contribution in [0.15, 0.2) is 48.5 Å². The number of carbonyl (C=O) groups is 2. The lowest BCUT2D eigenvalue weighted by Gasteiger charge is -2.17. The fourth-order valence-electron chi connectivity index (χ4n) is 3.05. The van der Waals surface area contributed by atoms with Gasteiger partial charge in [-0.2, -0.15) is 0 Å². The summed E-state index contributed by atoms with van der Waals surface area (Å²) >= 11 is 6.05. The van der Waals surface area contributed by atoms with E-state index in [-0.39, 0.29) is 17.9 Å². The molecule has 0 bridgehead atoms. The van der Waals surface area contributed by atoms with Crippen LogP contribution >= 0.6 is 11.6 Å². The Morgan fingerprint density at radius 3 is 2.65 bits per heavy atom. The highest BCUT2D eigenvalue weighted by Gasteiger charge is 2.30. The van der Waals surface area contributed by atoms with Gasteiger partial charge < -0.3 is 15.0 Å². The number of benzene rings is 2. The first-order valence-corrected chi connectivity index (χ1v) is 8.90. The van der Waals surface area contributed by atoms with Gasteiger partial charge in [-0.05, 0) is 36.2 Å². The molecule has 26 heavy (non-hydrogen) atoms. The number of hydrogen-bond acceptors (Lipinski definition) is 3. The number of likely N-dealkylation sites (tertiary alicyclic amines) is 1. The van der Waals surface area contributed by atoms with Gasteiger partial charge in [-0.1, -0.05) is 35.9 Å². The lowest BCUT2D eigenvalue weighted by molar-refractivity contribution is -0.127. The number of carbonyl (C=O) groups excluding carboxylic acids is 2. The molecule has 2 aromatic carbocycles. The minimum atomic E-state index is -0.245. The second-order valence-corrected chi connectivity index (χ2v) is 6.70. The number of methoxy groups -OCH3 is 1. The predicted octanol–water partition coefficient (Wildman–Crippen LogP) is 2.92. The molecule has 1 aliphatic rings. The van der Waals surface area contributed by atoms with Gasteiger partial charge in [0.25, 0.3) is 5.91 Å². The summed E-state index contributed by atoms with van der Waals surface area (Å²) in [5.74, 6) is 0.627. The molecule has 0 unspecified atom stereocenters. The number of rotatable bonds is 6. The summed E-state index contributed by atoms with van der Waals surface area (Å²) in [5.41, 5.74) is 1.57. The fraction of sp³-hybridized carbons (Fsp3) is 0.300. The van der Waals surface area contributed by atoms with Gasteiger partial charge in [-0.3, -0.25) is 9.59 Å². The molecule has 6 heteroatoms. The van der Waals surface area contributed by atoms with Crippen molar-refractivity contribution in [2.45, 2.75) is 18.9 Å². The van der Waals surface area contributed by atoms with Gasteiger partial charge in [0.1, 0.15) is 5.75 Å². The third kappa shape index (κ3) is 4.35. The van der Waals surface area contributed by atoms with E-state index in [2.05, 4.69) is 5.32 Å². The molecule has 0 radical (unpaired) electrons. The van der Waals surface area contributed by atoms with E-state index < -0.39 is 0 Å². The van der Waals surface area contributed by atoms with E-state index in [4.69, 9.17) is 16.3 Å². The van der Waals surface area contributed by atoms with Crippen molar-refractivity contribution in [1.82, 2.24) is 10.2 Å². The van der Waals surface area contributed by atoms with Crippen molar-refractivity contribution in [3.8, 4) is 5.75 Å². The van der Waals surface area contributed by atoms with Gasteiger partial charge in [0.05, 0.1) is 23.7 Å². The summed E-state index contributed by atoms with van der Waals surface area (Å²) in [6.07, 6.45) is 1.08. The highest BCUT2D eigenvalue weighted by Crippen LogP contribution is 2.18. The number of amides is 2. The van der Waals surface area contributed by atoms with Gasteiger partial charge in [-0.15, -0.1) is 0 Å². The lowest BCUT2D eigenvalue weighted by atomic mass is 10.1. The van der Waals surface area contributed by atoms with Crippen LogP contribution in [0.4, 0.5) is 0 Å². The molecule has 1 atom stereocenters. The highest BCUT2D eigenvalue weighted by atomic mass is 35.5. The maximum absolute atomic E-state index is 12.3. The van der Waals surface area contributed by atoms with Crippen LogP contribution < -0.4 is 10.1 Å². The zero-order valence-electron chi connectivity index (χ0n) is 14.6. The van der Waals surface area contributed by atoms with Gasteiger partial charge in [0.15, 0.2) is 0 Å². The third-order valence-electron chi connectivity index (χ3n) is 4.50. The summed E-state index contributed by atoms with van der Waals surface area (Å²) in [7, 11) is 1.63. The second-order valence-electron chi connectivity index (χ2n) is 6.29. The molecule has 1 fully saturated rings. The Bertz CT molecular complexity index is 792. The van der Waals surface area contributed by atoms with E-state index in [1.165, 1.54) is 0 Å². The van der Waals surface area contributed by atoms with Crippen molar-refractivity contribution in [2.24, 2.45) is 0 Å².